The van der Waals surface area contributed by atoms with Crippen LogP contribution in [0.4, 0.5) is 4.39 Å². The summed E-state index contributed by atoms with van der Waals surface area (Å²) in [5.74, 6) is -1.90. The second-order valence-electron chi connectivity index (χ2n) is 5.66. The van der Waals surface area contributed by atoms with Crippen molar-refractivity contribution in [2.75, 3.05) is 13.1 Å². The van der Waals surface area contributed by atoms with Crippen LogP contribution in [0.15, 0.2) is 41.8 Å². The van der Waals surface area contributed by atoms with Gasteiger partial charge in [-0.1, -0.05) is 18.2 Å². The molecule has 1 fully saturated rings. The third-order valence-electron chi connectivity index (χ3n) is 4.02. The number of carbonyl (C=O) groups is 2. The van der Waals surface area contributed by atoms with Crippen molar-refractivity contribution in [3.05, 3.63) is 58.0 Å². The van der Waals surface area contributed by atoms with Gasteiger partial charge >= 0.3 is 5.97 Å². The minimum atomic E-state index is -0.870. The fourth-order valence-electron chi connectivity index (χ4n) is 2.71. The Kier molecular flexibility index (Phi) is 6.33. The van der Waals surface area contributed by atoms with Gasteiger partial charge in [0.1, 0.15) is 5.82 Å². The number of halogens is 2. The maximum Gasteiger partial charge on any atom is 0.308 e. The van der Waals surface area contributed by atoms with Gasteiger partial charge in [0, 0.05) is 18.0 Å². The number of thiophene rings is 1. The average molecular weight is 382 g/mol. The summed E-state index contributed by atoms with van der Waals surface area (Å²) in [5, 5.41) is 11.0. The van der Waals surface area contributed by atoms with Crippen LogP contribution in [0.25, 0.3) is 11.6 Å². The highest BCUT2D eigenvalue weighted by atomic mass is 35.5. The largest absolute Gasteiger partial charge is 0.481 e. The standard InChI is InChI=1S/C18H16FNO3S.ClH/c19-14-5-3-12(4-6-14)10-15(16-2-1-9-24-16)17(21)20-8-7-13(11-20)18(22)23;/h1-6,9-10,13H,7-8,11H2,(H,22,23);1H. The van der Waals surface area contributed by atoms with Crippen LogP contribution in [-0.4, -0.2) is 35.0 Å². The summed E-state index contributed by atoms with van der Waals surface area (Å²) >= 11 is 1.44. The maximum absolute atomic E-state index is 13.1. The molecule has 1 aliphatic rings. The van der Waals surface area contributed by atoms with Crippen molar-refractivity contribution in [2.45, 2.75) is 6.42 Å². The average Bonchev–Trinajstić information content (AvgIpc) is 3.25. The van der Waals surface area contributed by atoms with E-state index >= 15 is 0 Å². The van der Waals surface area contributed by atoms with Crippen LogP contribution >= 0.6 is 23.7 Å². The van der Waals surface area contributed by atoms with E-state index in [2.05, 4.69) is 0 Å². The quantitative estimate of drug-likeness (QED) is 0.820. The number of amides is 1. The van der Waals surface area contributed by atoms with E-state index in [0.29, 0.717) is 18.5 Å². The first-order chi connectivity index (χ1) is 11.5. The number of likely N-dealkylation sites (tertiary alicyclic amines) is 1. The number of carboxylic acid groups (broad SMARTS) is 1. The summed E-state index contributed by atoms with van der Waals surface area (Å²) in [4.78, 5) is 26.4. The lowest BCUT2D eigenvalue weighted by Crippen LogP contribution is -2.30. The van der Waals surface area contributed by atoms with E-state index in [9.17, 15) is 14.0 Å². The summed E-state index contributed by atoms with van der Waals surface area (Å²) in [6.07, 6.45) is 2.19. The predicted molar refractivity (Wildman–Crippen MR) is 98.2 cm³/mol. The summed E-state index contributed by atoms with van der Waals surface area (Å²) < 4.78 is 13.1. The molecule has 1 saturated heterocycles. The van der Waals surface area contributed by atoms with Crippen molar-refractivity contribution in [1.82, 2.24) is 4.90 Å². The molecule has 1 N–H and O–H groups in total. The minimum Gasteiger partial charge on any atom is -0.481 e. The third-order valence-corrected chi connectivity index (χ3v) is 4.93. The summed E-state index contributed by atoms with van der Waals surface area (Å²) in [7, 11) is 0. The van der Waals surface area contributed by atoms with Gasteiger partial charge in [0.15, 0.2) is 0 Å². The first-order valence-corrected chi connectivity index (χ1v) is 8.46. The molecule has 0 radical (unpaired) electrons. The predicted octanol–water partition coefficient (Wildman–Crippen LogP) is 3.78. The molecule has 1 aromatic heterocycles. The van der Waals surface area contributed by atoms with Crippen molar-refractivity contribution < 1.29 is 19.1 Å². The maximum atomic E-state index is 13.1. The SMILES string of the molecule is Cl.O=C(O)C1CCN(C(=O)C(=Cc2ccc(F)cc2)c2cccs2)C1. The summed E-state index contributed by atoms with van der Waals surface area (Å²) in [6, 6.07) is 9.62. The van der Waals surface area contributed by atoms with Gasteiger partial charge in [0.25, 0.3) is 5.91 Å². The topological polar surface area (TPSA) is 57.6 Å². The molecule has 1 atom stereocenters. The Hall–Kier alpha value is -2.18. The first-order valence-electron chi connectivity index (χ1n) is 7.58. The van der Waals surface area contributed by atoms with Gasteiger partial charge in [-0.3, -0.25) is 9.59 Å². The molecule has 1 aliphatic heterocycles. The second kappa shape index (κ2) is 8.27. The molecular formula is C18H17ClFNO3S. The van der Waals surface area contributed by atoms with Gasteiger partial charge in [0.05, 0.1) is 11.5 Å². The third kappa shape index (κ3) is 4.46. The molecule has 132 valence electrons. The molecule has 4 nitrogen and oxygen atoms in total. The first kappa shape index (κ1) is 19.1. The zero-order valence-electron chi connectivity index (χ0n) is 13.2. The molecule has 1 aromatic carbocycles. The molecule has 25 heavy (non-hydrogen) atoms. The Balaban J connectivity index is 0.00000225. The molecule has 1 unspecified atom stereocenters. The van der Waals surface area contributed by atoms with Gasteiger partial charge in [-0.05, 0) is 41.6 Å². The van der Waals surface area contributed by atoms with Gasteiger partial charge in [0.2, 0.25) is 0 Å². The lowest BCUT2D eigenvalue weighted by Gasteiger charge is -2.17. The molecule has 3 rings (SSSR count). The number of rotatable bonds is 4. The molecule has 0 spiro atoms. The van der Waals surface area contributed by atoms with Gasteiger partial charge < -0.3 is 10.0 Å². The van der Waals surface area contributed by atoms with E-state index in [1.54, 1.807) is 23.1 Å². The smallest absolute Gasteiger partial charge is 0.308 e. The zero-order valence-corrected chi connectivity index (χ0v) is 14.9. The van der Waals surface area contributed by atoms with E-state index in [-0.39, 0.29) is 30.7 Å². The zero-order chi connectivity index (χ0) is 17.1. The normalized spacial score (nSPS) is 17.2. The summed E-state index contributed by atoms with van der Waals surface area (Å²) in [5.41, 5.74) is 1.23. The van der Waals surface area contributed by atoms with Crippen molar-refractivity contribution in [3.8, 4) is 0 Å². The van der Waals surface area contributed by atoms with Crippen LogP contribution in [0, 0.1) is 11.7 Å². The monoisotopic (exact) mass is 381 g/mol. The highest BCUT2D eigenvalue weighted by Gasteiger charge is 2.32. The molecule has 0 bridgehead atoms. The minimum absolute atomic E-state index is 0. The van der Waals surface area contributed by atoms with Crippen LogP contribution in [0.5, 0.6) is 0 Å². The summed E-state index contributed by atoms with van der Waals surface area (Å²) in [6.45, 7) is 0.655. The molecule has 2 heterocycles. The highest BCUT2D eigenvalue weighted by Crippen LogP contribution is 2.28. The van der Waals surface area contributed by atoms with Crippen LogP contribution in [0.3, 0.4) is 0 Å². The molecule has 0 saturated carbocycles. The van der Waals surface area contributed by atoms with Crippen molar-refractivity contribution in [1.29, 1.82) is 0 Å². The van der Waals surface area contributed by atoms with Gasteiger partial charge in [-0.15, -0.1) is 23.7 Å². The van der Waals surface area contributed by atoms with Crippen molar-refractivity contribution in [3.63, 3.8) is 0 Å². The Morgan fingerprint density at radius 1 is 1.24 bits per heavy atom. The molecule has 0 aliphatic carbocycles. The van der Waals surface area contributed by atoms with Crippen molar-refractivity contribution >= 4 is 47.3 Å². The Labute approximate surface area is 155 Å². The number of carboxylic acids is 1. The van der Waals surface area contributed by atoms with Crippen LogP contribution in [0.1, 0.15) is 16.9 Å². The Bertz CT molecular complexity index is 774. The van der Waals surface area contributed by atoms with E-state index in [1.807, 2.05) is 17.5 Å². The Morgan fingerprint density at radius 3 is 2.52 bits per heavy atom. The highest BCUT2D eigenvalue weighted by molar-refractivity contribution is 7.11. The number of nitrogens with zero attached hydrogens (tertiary/aromatic N) is 1. The number of hydrogen-bond acceptors (Lipinski definition) is 3. The van der Waals surface area contributed by atoms with Crippen LogP contribution in [0.2, 0.25) is 0 Å². The lowest BCUT2D eigenvalue weighted by atomic mass is 10.1. The van der Waals surface area contributed by atoms with Crippen LogP contribution < -0.4 is 0 Å². The number of benzene rings is 1. The molecular weight excluding hydrogens is 365 g/mol. The number of carbonyl (C=O) groups excluding carboxylic acids is 1. The van der Waals surface area contributed by atoms with Gasteiger partial charge in [-0.25, -0.2) is 4.39 Å². The molecule has 1 amide bonds. The van der Waals surface area contributed by atoms with Crippen molar-refractivity contribution in [2.24, 2.45) is 5.92 Å². The molecule has 7 heteroatoms. The number of hydrogen-bond donors (Lipinski definition) is 1. The van der Waals surface area contributed by atoms with E-state index in [1.165, 1.54) is 23.5 Å². The van der Waals surface area contributed by atoms with E-state index in [0.717, 1.165) is 10.4 Å². The van der Waals surface area contributed by atoms with Gasteiger partial charge in [-0.2, -0.15) is 0 Å². The van der Waals surface area contributed by atoms with E-state index < -0.39 is 11.9 Å². The lowest BCUT2D eigenvalue weighted by molar-refractivity contribution is -0.141. The molecule has 2 aromatic rings. The van der Waals surface area contributed by atoms with Crippen LogP contribution in [-0.2, 0) is 9.59 Å². The second-order valence-corrected chi connectivity index (χ2v) is 6.61. The van der Waals surface area contributed by atoms with E-state index in [4.69, 9.17) is 5.11 Å². The Morgan fingerprint density at radius 2 is 1.96 bits per heavy atom. The fraction of sp³-hybridized carbons (Fsp3) is 0.222. The number of aliphatic carboxylic acids is 1. The fourth-order valence-corrected chi connectivity index (χ4v) is 3.45.